The van der Waals surface area contributed by atoms with Gasteiger partial charge in [-0.1, -0.05) is 37.8 Å². The number of thioether (sulfide) groups is 1. The van der Waals surface area contributed by atoms with Gasteiger partial charge in [0.1, 0.15) is 0 Å². The quantitative estimate of drug-likeness (QED) is 0.370. The molecule has 0 aliphatic heterocycles. The summed E-state index contributed by atoms with van der Waals surface area (Å²) in [5.74, 6) is 1.02. The number of allylic oxidation sites excluding steroid dienone is 5. The summed E-state index contributed by atoms with van der Waals surface area (Å²) < 4.78 is 0. The first-order valence-corrected chi connectivity index (χ1v) is 9.06. The van der Waals surface area contributed by atoms with Crippen LogP contribution >= 0.6 is 11.8 Å². The molecule has 0 saturated heterocycles. The zero-order chi connectivity index (χ0) is 17.5. The lowest BCUT2D eigenvalue weighted by atomic mass is 10.0. The molecule has 1 heterocycles. The van der Waals surface area contributed by atoms with Crippen LogP contribution in [0.25, 0.3) is 16.5 Å². The fourth-order valence-electron chi connectivity index (χ4n) is 2.46. The molecule has 0 bridgehead atoms. The van der Waals surface area contributed by atoms with Crippen molar-refractivity contribution in [2.45, 2.75) is 25.7 Å². The lowest BCUT2D eigenvalue weighted by Gasteiger charge is -2.11. The van der Waals surface area contributed by atoms with E-state index in [1.165, 1.54) is 10.3 Å². The highest BCUT2D eigenvalue weighted by molar-refractivity contribution is 7.99. The third kappa shape index (κ3) is 4.24. The van der Waals surface area contributed by atoms with Crippen molar-refractivity contribution in [2.24, 2.45) is 4.99 Å². The molecule has 1 aromatic heterocycles. The SMILES string of the molecule is C=C/C(C)=C(C=NC)\C=C(/C)c1nc2ccccc2cc1SCC. The van der Waals surface area contributed by atoms with E-state index in [2.05, 4.69) is 55.8 Å². The Balaban J connectivity index is 2.62. The van der Waals surface area contributed by atoms with Gasteiger partial charge in [0.25, 0.3) is 0 Å². The summed E-state index contributed by atoms with van der Waals surface area (Å²) in [6.07, 6.45) is 5.87. The van der Waals surface area contributed by atoms with E-state index in [-0.39, 0.29) is 0 Å². The van der Waals surface area contributed by atoms with Crippen LogP contribution in [0.5, 0.6) is 0 Å². The van der Waals surface area contributed by atoms with Crippen molar-refractivity contribution in [3.05, 3.63) is 65.9 Å². The molecule has 24 heavy (non-hydrogen) atoms. The van der Waals surface area contributed by atoms with Gasteiger partial charge in [0.15, 0.2) is 0 Å². The molecule has 0 aliphatic rings. The molecule has 0 unspecified atom stereocenters. The second-order valence-electron chi connectivity index (χ2n) is 5.52. The van der Waals surface area contributed by atoms with E-state index in [1.54, 1.807) is 7.05 Å². The number of hydrogen-bond donors (Lipinski definition) is 0. The van der Waals surface area contributed by atoms with Gasteiger partial charge in [-0.3, -0.25) is 4.99 Å². The number of pyridine rings is 1. The fraction of sp³-hybridized carbons (Fsp3) is 0.238. The van der Waals surface area contributed by atoms with E-state index in [1.807, 2.05) is 37.0 Å². The summed E-state index contributed by atoms with van der Waals surface area (Å²) in [5.41, 5.74) is 5.36. The maximum Gasteiger partial charge on any atom is 0.0802 e. The summed E-state index contributed by atoms with van der Waals surface area (Å²) in [4.78, 5) is 10.3. The lowest BCUT2D eigenvalue weighted by molar-refractivity contribution is 1.23. The fourth-order valence-corrected chi connectivity index (χ4v) is 3.32. The molecule has 0 fully saturated rings. The molecule has 0 amide bonds. The highest BCUT2D eigenvalue weighted by Crippen LogP contribution is 2.30. The minimum atomic E-state index is 1.02. The van der Waals surface area contributed by atoms with E-state index in [4.69, 9.17) is 4.98 Å². The first-order chi connectivity index (χ1) is 11.6. The highest BCUT2D eigenvalue weighted by Gasteiger charge is 2.09. The first-order valence-electron chi connectivity index (χ1n) is 8.07. The predicted molar refractivity (Wildman–Crippen MR) is 109 cm³/mol. The maximum absolute atomic E-state index is 4.91. The predicted octanol–water partition coefficient (Wildman–Crippen LogP) is 5.95. The second kappa shape index (κ2) is 8.65. The van der Waals surface area contributed by atoms with Crippen molar-refractivity contribution in [2.75, 3.05) is 12.8 Å². The summed E-state index contributed by atoms with van der Waals surface area (Å²) in [6, 6.07) is 10.5. The molecule has 0 aliphatic carbocycles. The Morgan fingerprint density at radius 1 is 1.29 bits per heavy atom. The molecule has 2 aromatic rings. The van der Waals surface area contributed by atoms with Gasteiger partial charge in [0, 0.05) is 23.5 Å². The van der Waals surface area contributed by atoms with Crippen LogP contribution in [0.3, 0.4) is 0 Å². The third-order valence-corrected chi connectivity index (χ3v) is 4.67. The molecule has 0 N–H and O–H groups in total. The van der Waals surface area contributed by atoms with E-state index in [9.17, 15) is 0 Å². The molecule has 0 radical (unpaired) electrons. The summed E-state index contributed by atoms with van der Waals surface area (Å²) in [7, 11) is 1.78. The van der Waals surface area contributed by atoms with Gasteiger partial charge in [0.05, 0.1) is 11.2 Å². The number of aromatic nitrogens is 1. The van der Waals surface area contributed by atoms with Gasteiger partial charge in [-0.05, 0) is 54.5 Å². The molecular weight excluding hydrogens is 312 g/mol. The lowest BCUT2D eigenvalue weighted by Crippen LogP contribution is -1.94. The van der Waals surface area contributed by atoms with E-state index in [0.717, 1.165) is 33.7 Å². The zero-order valence-electron chi connectivity index (χ0n) is 14.8. The number of benzene rings is 1. The van der Waals surface area contributed by atoms with Crippen LogP contribution in [0.1, 0.15) is 26.5 Å². The van der Waals surface area contributed by atoms with Crippen LogP contribution in [0.15, 0.2) is 70.1 Å². The summed E-state index contributed by atoms with van der Waals surface area (Å²) in [5, 5.41) is 1.18. The number of rotatable bonds is 6. The van der Waals surface area contributed by atoms with Gasteiger partial charge in [-0.15, -0.1) is 11.8 Å². The van der Waals surface area contributed by atoms with Crippen molar-refractivity contribution < 1.29 is 0 Å². The highest BCUT2D eigenvalue weighted by atomic mass is 32.2. The molecule has 1 aromatic carbocycles. The van der Waals surface area contributed by atoms with Crippen molar-refractivity contribution in [1.82, 2.24) is 4.98 Å². The molecular formula is C21H24N2S. The van der Waals surface area contributed by atoms with E-state index >= 15 is 0 Å². The first kappa shape index (κ1) is 18.2. The number of aliphatic imine (C=N–C) groups is 1. The molecule has 3 heteroatoms. The van der Waals surface area contributed by atoms with Gasteiger partial charge in [0.2, 0.25) is 0 Å². The van der Waals surface area contributed by atoms with E-state index < -0.39 is 0 Å². The van der Waals surface area contributed by atoms with Gasteiger partial charge >= 0.3 is 0 Å². The molecule has 0 spiro atoms. The van der Waals surface area contributed by atoms with Crippen molar-refractivity contribution in [1.29, 1.82) is 0 Å². The number of hydrogen-bond acceptors (Lipinski definition) is 3. The molecule has 2 rings (SSSR count). The van der Waals surface area contributed by atoms with Crippen LogP contribution in [0.2, 0.25) is 0 Å². The van der Waals surface area contributed by atoms with Gasteiger partial charge in [-0.25, -0.2) is 4.98 Å². The molecule has 124 valence electrons. The number of para-hydroxylation sites is 1. The van der Waals surface area contributed by atoms with Gasteiger partial charge in [-0.2, -0.15) is 0 Å². The Bertz CT molecular complexity index is 829. The monoisotopic (exact) mass is 336 g/mol. The zero-order valence-corrected chi connectivity index (χ0v) is 15.7. The van der Waals surface area contributed by atoms with Crippen LogP contribution < -0.4 is 0 Å². The summed E-state index contributed by atoms with van der Waals surface area (Å²) >= 11 is 1.83. The minimum Gasteiger partial charge on any atom is -0.296 e. The normalized spacial score (nSPS) is 13.4. The van der Waals surface area contributed by atoms with Crippen LogP contribution in [-0.4, -0.2) is 24.0 Å². The standard InChI is InChI=1S/C21H24N2S/c1-6-15(3)18(14-22-5)12-16(4)21-20(24-7-2)13-17-10-8-9-11-19(17)23-21/h6,8-14H,1,7H2,2-5H3/b16-12+,18-15+,22-14?. The van der Waals surface area contributed by atoms with E-state index in [0.29, 0.717) is 0 Å². The molecule has 0 saturated carbocycles. The summed E-state index contributed by atoms with van der Waals surface area (Å²) in [6.45, 7) is 10.2. The topological polar surface area (TPSA) is 25.2 Å². The Labute approximate surface area is 149 Å². The molecule has 0 atom stereocenters. The Morgan fingerprint density at radius 3 is 2.71 bits per heavy atom. The van der Waals surface area contributed by atoms with Crippen molar-refractivity contribution in [3.8, 4) is 0 Å². The minimum absolute atomic E-state index is 1.02. The Morgan fingerprint density at radius 2 is 2.04 bits per heavy atom. The van der Waals surface area contributed by atoms with Crippen LogP contribution in [0.4, 0.5) is 0 Å². The van der Waals surface area contributed by atoms with Crippen LogP contribution in [0, 0.1) is 0 Å². The van der Waals surface area contributed by atoms with Crippen LogP contribution in [-0.2, 0) is 0 Å². The van der Waals surface area contributed by atoms with Crippen molar-refractivity contribution >= 4 is 34.5 Å². The average Bonchev–Trinajstić information content (AvgIpc) is 2.60. The molecule has 2 nitrogen and oxygen atoms in total. The smallest absolute Gasteiger partial charge is 0.0802 e. The average molecular weight is 337 g/mol. The maximum atomic E-state index is 4.91. The largest absolute Gasteiger partial charge is 0.296 e. The van der Waals surface area contributed by atoms with Gasteiger partial charge < -0.3 is 0 Å². The number of nitrogens with zero attached hydrogens (tertiary/aromatic N) is 2. The Hall–Kier alpha value is -2.13. The Kier molecular flexibility index (Phi) is 6.56. The number of fused-ring (bicyclic) bond motifs is 1. The second-order valence-corrected chi connectivity index (χ2v) is 6.82. The third-order valence-electron chi connectivity index (χ3n) is 3.76. The van der Waals surface area contributed by atoms with Crippen molar-refractivity contribution in [3.63, 3.8) is 0 Å².